The number of aromatic nitrogens is 3. The van der Waals surface area contributed by atoms with Crippen LogP contribution in [-0.4, -0.2) is 75.9 Å². The Morgan fingerprint density at radius 3 is 2.77 bits per heavy atom. The van der Waals surface area contributed by atoms with Crippen LogP contribution in [0.2, 0.25) is 0 Å². The van der Waals surface area contributed by atoms with Crippen molar-refractivity contribution in [3.63, 3.8) is 0 Å². The minimum absolute atomic E-state index is 0.0488. The summed E-state index contributed by atoms with van der Waals surface area (Å²) in [5.74, 6) is 1.31. The molecule has 2 fully saturated rings. The van der Waals surface area contributed by atoms with E-state index in [2.05, 4.69) is 49.3 Å². The first-order chi connectivity index (χ1) is 14.7. The molecule has 1 amide bonds. The van der Waals surface area contributed by atoms with Crippen molar-refractivity contribution in [2.45, 2.75) is 26.2 Å². The van der Waals surface area contributed by atoms with Crippen LogP contribution < -0.4 is 4.90 Å². The number of pyridine rings is 1. The molecule has 7 nitrogen and oxygen atoms in total. The Bertz CT molecular complexity index is 1040. The maximum atomic E-state index is 13.3. The summed E-state index contributed by atoms with van der Waals surface area (Å²) in [6, 6.07) is 8.15. The van der Waals surface area contributed by atoms with E-state index in [9.17, 15) is 4.79 Å². The second kappa shape index (κ2) is 8.22. The number of rotatable bonds is 4. The fraction of sp³-hybridized carbons (Fsp3) is 0.522. The standard InChI is InChI=1S/C23H30N6O/c1-2-10-26-13-15-27(16-14-26)23(30)18-6-4-11-28(17-18)22-20-8-5-12-29(20)19-7-3-9-24-21(19)25-22/h3,5,7-9,12,18H,2,4,6,10-11,13-17H2,1H3. The SMILES string of the molecule is CCCN1CCN(C(=O)C2CCCN(c3nc4ncccc4n4cccc34)C2)CC1. The molecule has 0 aliphatic carbocycles. The molecule has 5 rings (SSSR count). The molecule has 1 unspecified atom stereocenters. The largest absolute Gasteiger partial charge is 0.354 e. The van der Waals surface area contributed by atoms with Crippen LogP contribution >= 0.6 is 0 Å². The molecular weight excluding hydrogens is 376 g/mol. The molecule has 0 bridgehead atoms. The van der Waals surface area contributed by atoms with Gasteiger partial charge in [0.15, 0.2) is 11.5 Å². The van der Waals surface area contributed by atoms with E-state index in [0.29, 0.717) is 5.91 Å². The molecule has 2 aliphatic rings. The van der Waals surface area contributed by atoms with E-state index < -0.39 is 0 Å². The molecule has 0 aromatic carbocycles. The quantitative estimate of drug-likeness (QED) is 0.667. The fourth-order valence-corrected chi connectivity index (χ4v) is 4.96. The zero-order valence-corrected chi connectivity index (χ0v) is 17.7. The Morgan fingerprint density at radius 1 is 1.10 bits per heavy atom. The third kappa shape index (κ3) is 3.51. The Labute approximate surface area is 177 Å². The van der Waals surface area contributed by atoms with Crippen LogP contribution in [0, 0.1) is 5.92 Å². The van der Waals surface area contributed by atoms with Crippen molar-refractivity contribution in [3.8, 4) is 0 Å². The fourth-order valence-electron chi connectivity index (χ4n) is 4.96. The highest BCUT2D eigenvalue weighted by molar-refractivity contribution is 5.84. The molecular formula is C23H30N6O. The van der Waals surface area contributed by atoms with Crippen LogP contribution in [-0.2, 0) is 4.79 Å². The topological polar surface area (TPSA) is 57.0 Å². The van der Waals surface area contributed by atoms with E-state index in [-0.39, 0.29) is 5.92 Å². The number of amides is 1. The molecule has 3 aromatic rings. The van der Waals surface area contributed by atoms with E-state index in [4.69, 9.17) is 4.98 Å². The maximum Gasteiger partial charge on any atom is 0.227 e. The first kappa shape index (κ1) is 19.3. The number of carbonyl (C=O) groups excluding carboxylic acids is 1. The van der Waals surface area contributed by atoms with Crippen LogP contribution in [0.25, 0.3) is 16.7 Å². The van der Waals surface area contributed by atoms with Crippen molar-refractivity contribution in [1.82, 2.24) is 24.2 Å². The number of anilines is 1. The van der Waals surface area contributed by atoms with Gasteiger partial charge in [-0.05, 0) is 50.1 Å². The highest BCUT2D eigenvalue weighted by atomic mass is 16.2. The summed E-state index contributed by atoms with van der Waals surface area (Å²) < 4.78 is 2.16. The summed E-state index contributed by atoms with van der Waals surface area (Å²) in [5.41, 5.74) is 2.84. The highest BCUT2D eigenvalue weighted by Gasteiger charge is 2.32. The first-order valence-electron chi connectivity index (χ1n) is 11.2. The van der Waals surface area contributed by atoms with Crippen LogP contribution in [0.5, 0.6) is 0 Å². The lowest BCUT2D eigenvalue weighted by Gasteiger charge is -2.39. The van der Waals surface area contributed by atoms with Crippen LogP contribution in [0.1, 0.15) is 26.2 Å². The van der Waals surface area contributed by atoms with Crippen molar-refractivity contribution >= 4 is 28.4 Å². The predicted molar refractivity (Wildman–Crippen MR) is 119 cm³/mol. The molecule has 2 aliphatic heterocycles. The molecule has 5 heterocycles. The molecule has 3 aromatic heterocycles. The number of nitrogens with zero attached hydrogens (tertiary/aromatic N) is 6. The molecule has 0 saturated carbocycles. The van der Waals surface area contributed by atoms with Crippen LogP contribution in [0.3, 0.4) is 0 Å². The normalized spacial score (nSPS) is 20.9. The van der Waals surface area contributed by atoms with Gasteiger partial charge in [-0.3, -0.25) is 9.69 Å². The van der Waals surface area contributed by atoms with Gasteiger partial charge in [-0.2, -0.15) is 0 Å². The van der Waals surface area contributed by atoms with Gasteiger partial charge < -0.3 is 14.2 Å². The molecule has 0 N–H and O–H groups in total. The number of carbonyl (C=O) groups is 1. The summed E-state index contributed by atoms with van der Waals surface area (Å²) in [4.78, 5) is 29.5. The summed E-state index contributed by atoms with van der Waals surface area (Å²) in [7, 11) is 0. The van der Waals surface area contributed by atoms with Gasteiger partial charge in [0.05, 0.1) is 17.0 Å². The second-order valence-corrected chi connectivity index (χ2v) is 8.50. The first-order valence-corrected chi connectivity index (χ1v) is 11.2. The molecule has 0 spiro atoms. The summed E-state index contributed by atoms with van der Waals surface area (Å²) in [5, 5.41) is 0. The van der Waals surface area contributed by atoms with Crippen molar-refractivity contribution in [2.24, 2.45) is 5.92 Å². The smallest absolute Gasteiger partial charge is 0.227 e. The average molecular weight is 407 g/mol. The van der Waals surface area contributed by atoms with Crippen LogP contribution in [0.15, 0.2) is 36.7 Å². The lowest BCUT2D eigenvalue weighted by molar-refractivity contribution is -0.137. The average Bonchev–Trinajstić information content (AvgIpc) is 3.29. The van der Waals surface area contributed by atoms with E-state index in [0.717, 1.165) is 81.2 Å². The Morgan fingerprint density at radius 2 is 1.93 bits per heavy atom. The third-order valence-corrected chi connectivity index (χ3v) is 6.51. The molecule has 158 valence electrons. The number of piperazine rings is 1. The van der Waals surface area contributed by atoms with Gasteiger partial charge in [0.2, 0.25) is 5.91 Å². The van der Waals surface area contributed by atoms with Crippen molar-refractivity contribution in [2.75, 3.05) is 50.7 Å². The summed E-state index contributed by atoms with van der Waals surface area (Å²) >= 11 is 0. The zero-order chi connectivity index (χ0) is 20.5. The third-order valence-electron chi connectivity index (χ3n) is 6.51. The lowest BCUT2D eigenvalue weighted by atomic mass is 9.96. The van der Waals surface area contributed by atoms with E-state index in [1.54, 1.807) is 6.20 Å². The molecule has 2 saturated heterocycles. The van der Waals surface area contributed by atoms with Gasteiger partial charge in [0.25, 0.3) is 0 Å². The minimum atomic E-state index is 0.0488. The van der Waals surface area contributed by atoms with Crippen molar-refractivity contribution in [3.05, 3.63) is 36.7 Å². The molecule has 0 radical (unpaired) electrons. The van der Waals surface area contributed by atoms with Gasteiger partial charge in [0.1, 0.15) is 0 Å². The van der Waals surface area contributed by atoms with Crippen molar-refractivity contribution in [1.29, 1.82) is 0 Å². The van der Waals surface area contributed by atoms with Gasteiger partial charge >= 0.3 is 0 Å². The number of hydrogen-bond acceptors (Lipinski definition) is 5. The molecule has 30 heavy (non-hydrogen) atoms. The van der Waals surface area contributed by atoms with E-state index in [1.165, 1.54) is 6.42 Å². The Kier molecular flexibility index (Phi) is 5.29. The van der Waals surface area contributed by atoms with Gasteiger partial charge in [-0.15, -0.1) is 0 Å². The Hall–Kier alpha value is -2.67. The lowest BCUT2D eigenvalue weighted by Crippen LogP contribution is -2.52. The molecule has 1 atom stereocenters. The second-order valence-electron chi connectivity index (χ2n) is 8.50. The molecule has 7 heteroatoms. The minimum Gasteiger partial charge on any atom is -0.354 e. The summed E-state index contributed by atoms with van der Waals surface area (Å²) in [6.45, 7) is 8.73. The van der Waals surface area contributed by atoms with Crippen molar-refractivity contribution < 1.29 is 4.79 Å². The number of hydrogen-bond donors (Lipinski definition) is 0. The Balaban J connectivity index is 1.36. The van der Waals surface area contributed by atoms with Gasteiger partial charge in [-0.25, -0.2) is 9.97 Å². The van der Waals surface area contributed by atoms with Gasteiger partial charge in [0, 0.05) is 51.7 Å². The van der Waals surface area contributed by atoms with Gasteiger partial charge in [-0.1, -0.05) is 6.92 Å². The maximum absolute atomic E-state index is 13.3. The van der Waals surface area contributed by atoms with E-state index >= 15 is 0 Å². The number of fused-ring (bicyclic) bond motifs is 3. The summed E-state index contributed by atoms with van der Waals surface area (Å²) in [6.07, 6.45) is 7.00. The van der Waals surface area contributed by atoms with Crippen LogP contribution in [0.4, 0.5) is 5.82 Å². The highest BCUT2D eigenvalue weighted by Crippen LogP contribution is 2.29. The monoisotopic (exact) mass is 406 g/mol. The predicted octanol–water partition coefficient (Wildman–Crippen LogP) is 2.65. The van der Waals surface area contributed by atoms with E-state index in [1.807, 2.05) is 12.1 Å². The zero-order valence-electron chi connectivity index (χ0n) is 17.7. The number of piperidine rings is 1.